The molecule has 0 fully saturated rings. The first-order chi connectivity index (χ1) is 9.36. The van der Waals surface area contributed by atoms with Crippen LogP contribution in [0.4, 0.5) is 0 Å². The van der Waals surface area contributed by atoms with Gasteiger partial charge in [0.15, 0.2) is 0 Å². The van der Waals surface area contributed by atoms with E-state index in [1.165, 1.54) is 4.31 Å². The second kappa shape index (κ2) is 7.20. The maximum absolute atomic E-state index is 12.8. The number of benzene rings is 1. The minimum absolute atomic E-state index is 0.0400. The van der Waals surface area contributed by atoms with E-state index in [9.17, 15) is 8.42 Å². The zero-order chi connectivity index (χ0) is 15.3. The lowest BCUT2D eigenvalue weighted by Gasteiger charge is -2.25. The number of hydrogen-bond donors (Lipinski definition) is 1. The van der Waals surface area contributed by atoms with Gasteiger partial charge >= 0.3 is 0 Å². The minimum Gasteiger partial charge on any atom is -0.313 e. The standard InChI is InChI=1S/C15H26N2O2S/c1-6-16-11-14-9-8-10-15(13(14)5)20(18,19)17(7-2)12(3)4/h8-10,12,16H,6-7,11H2,1-5H3. The number of sulfonamides is 1. The summed E-state index contributed by atoms with van der Waals surface area (Å²) in [6.45, 7) is 11.6. The molecule has 0 aliphatic heterocycles. The van der Waals surface area contributed by atoms with E-state index in [2.05, 4.69) is 5.32 Å². The van der Waals surface area contributed by atoms with Crippen molar-refractivity contribution in [1.29, 1.82) is 0 Å². The molecule has 0 saturated heterocycles. The van der Waals surface area contributed by atoms with Crippen molar-refractivity contribution in [3.63, 3.8) is 0 Å². The molecule has 0 aromatic heterocycles. The van der Waals surface area contributed by atoms with Gasteiger partial charge in [0.05, 0.1) is 4.90 Å². The second-order valence-electron chi connectivity index (χ2n) is 5.12. The summed E-state index contributed by atoms with van der Waals surface area (Å²) < 4.78 is 27.0. The summed E-state index contributed by atoms with van der Waals surface area (Å²) in [6, 6.07) is 5.45. The lowest BCUT2D eigenvalue weighted by molar-refractivity contribution is 0.369. The van der Waals surface area contributed by atoms with E-state index in [1.807, 2.05) is 46.8 Å². The van der Waals surface area contributed by atoms with Gasteiger partial charge < -0.3 is 5.32 Å². The highest BCUT2D eigenvalue weighted by Gasteiger charge is 2.27. The third kappa shape index (κ3) is 3.59. The van der Waals surface area contributed by atoms with Crippen LogP contribution in [0.3, 0.4) is 0 Å². The van der Waals surface area contributed by atoms with E-state index in [-0.39, 0.29) is 6.04 Å². The summed E-state index contributed by atoms with van der Waals surface area (Å²) in [5.74, 6) is 0. The Morgan fingerprint density at radius 1 is 1.25 bits per heavy atom. The normalized spacial score (nSPS) is 12.3. The summed E-state index contributed by atoms with van der Waals surface area (Å²) in [7, 11) is -3.42. The molecule has 0 aliphatic rings. The van der Waals surface area contributed by atoms with E-state index in [0.29, 0.717) is 18.0 Å². The predicted molar refractivity (Wildman–Crippen MR) is 83.3 cm³/mol. The molecule has 4 nitrogen and oxygen atoms in total. The summed E-state index contributed by atoms with van der Waals surface area (Å²) in [5, 5.41) is 3.24. The van der Waals surface area contributed by atoms with E-state index < -0.39 is 10.0 Å². The first kappa shape index (κ1) is 17.1. The average Bonchev–Trinajstić information content (AvgIpc) is 2.37. The van der Waals surface area contributed by atoms with Gasteiger partial charge in [-0.1, -0.05) is 26.0 Å². The Kier molecular flexibility index (Phi) is 6.17. The summed E-state index contributed by atoms with van der Waals surface area (Å²) in [4.78, 5) is 0.420. The topological polar surface area (TPSA) is 49.4 Å². The van der Waals surface area contributed by atoms with Crippen molar-refractivity contribution in [3.05, 3.63) is 29.3 Å². The summed E-state index contributed by atoms with van der Waals surface area (Å²) >= 11 is 0. The van der Waals surface area contributed by atoms with Gasteiger partial charge in [-0.2, -0.15) is 4.31 Å². The monoisotopic (exact) mass is 298 g/mol. The quantitative estimate of drug-likeness (QED) is 0.841. The molecule has 0 spiro atoms. The molecule has 5 heteroatoms. The molecule has 0 radical (unpaired) electrons. The molecule has 0 atom stereocenters. The lowest BCUT2D eigenvalue weighted by atomic mass is 10.1. The molecule has 20 heavy (non-hydrogen) atoms. The van der Waals surface area contributed by atoms with Crippen LogP contribution in [-0.4, -0.2) is 31.9 Å². The van der Waals surface area contributed by atoms with Gasteiger partial charge in [0, 0.05) is 19.1 Å². The zero-order valence-corrected chi connectivity index (χ0v) is 13.9. The van der Waals surface area contributed by atoms with Crippen LogP contribution < -0.4 is 5.32 Å². The van der Waals surface area contributed by atoms with E-state index >= 15 is 0 Å². The van der Waals surface area contributed by atoms with Gasteiger partial charge in [-0.05, 0) is 44.5 Å². The Morgan fingerprint density at radius 2 is 1.90 bits per heavy atom. The van der Waals surface area contributed by atoms with Crippen molar-refractivity contribution in [2.75, 3.05) is 13.1 Å². The highest BCUT2D eigenvalue weighted by atomic mass is 32.2. The van der Waals surface area contributed by atoms with Gasteiger partial charge in [-0.15, -0.1) is 0 Å². The van der Waals surface area contributed by atoms with Crippen LogP contribution >= 0.6 is 0 Å². The maximum atomic E-state index is 12.8. The maximum Gasteiger partial charge on any atom is 0.243 e. The molecule has 1 aromatic rings. The number of hydrogen-bond acceptors (Lipinski definition) is 3. The third-order valence-corrected chi connectivity index (χ3v) is 5.73. The molecule has 1 aromatic carbocycles. The van der Waals surface area contributed by atoms with Crippen molar-refractivity contribution in [3.8, 4) is 0 Å². The van der Waals surface area contributed by atoms with Gasteiger partial charge in [0.25, 0.3) is 0 Å². The second-order valence-corrected chi connectivity index (χ2v) is 6.98. The van der Waals surface area contributed by atoms with Crippen LogP contribution in [0.25, 0.3) is 0 Å². The van der Waals surface area contributed by atoms with Crippen LogP contribution in [0.15, 0.2) is 23.1 Å². The Hall–Kier alpha value is -0.910. The smallest absolute Gasteiger partial charge is 0.243 e. The number of nitrogens with zero attached hydrogens (tertiary/aromatic N) is 1. The van der Waals surface area contributed by atoms with Crippen molar-refractivity contribution in [2.45, 2.75) is 52.1 Å². The van der Waals surface area contributed by atoms with E-state index in [1.54, 1.807) is 6.07 Å². The number of rotatable bonds is 7. The van der Waals surface area contributed by atoms with Gasteiger partial charge in [-0.25, -0.2) is 8.42 Å². The molecule has 0 aliphatic carbocycles. The predicted octanol–water partition coefficient (Wildman–Crippen LogP) is 2.52. The van der Waals surface area contributed by atoms with E-state index in [4.69, 9.17) is 0 Å². The third-order valence-electron chi connectivity index (χ3n) is 3.44. The van der Waals surface area contributed by atoms with Crippen molar-refractivity contribution >= 4 is 10.0 Å². The SMILES string of the molecule is CCNCc1cccc(S(=O)(=O)N(CC)C(C)C)c1C. The lowest BCUT2D eigenvalue weighted by Crippen LogP contribution is -2.37. The van der Waals surface area contributed by atoms with Gasteiger partial charge in [0.2, 0.25) is 10.0 Å². The molecule has 0 bridgehead atoms. The van der Waals surface area contributed by atoms with Crippen LogP contribution in [0, 0.1) is 6.92 Å². The largest absolute Gasteiger partial charge is 0.313 e. The average molecular weight is 298 g/mol. The van der Waals surface area contributed by atoms with Crippen molar-refractivity contribution in [1.82, 2.24) is 9.62 Å². The molecule has 0 saturated carbocycles. The molecule has 0 unspecified atom stereocenters. The molecule has 114 valence electrons. The molecular weight excluding hydrogens is 272 g/mol. The highest BCUT2D eigenvalue weighted by molar-refractivity contribution is 7.89. The zero-order valence-electron chi connectivity index (χ0n) is 13.1. The highest BCUT2D eigenvalue weighted by Crippen LogP contribution is 2.24. The molecule has 1 rings (SSSR count). The Labute approximate surface area is 123 Å². The van der Waals surface area contributed by atoms with Crippen LogP contribution in [0.1, 0.15) is 38.8 Å². The molecular formula is C15H26N2O2S. The van der Waals surface area contributed by atoms with Crippen LogP contribution in [0.5, 0.6) is 0 Å². The molecule has 1 N–H and O–H groups in total. The Morgan fingerprint density at radius 3 is 2.40 bits per heavy atom. The van der Waals surface area contributed by atoms with Gasteiger partial charge in [0.1, 0.15) is 0 Å². The first-order valence-corrected chi connectivity index (χ1v) is 8.61. The first-order valence-electron chi connectivity index (χ1n) is 7.17. The summed E-state index contributed by atoms with van der Waals surface area (Å²) in [5.41, 5.74) is 1.88. The van der Waals surface area contributed by atoms with Crippen molar-refractivity contribution in [2.24, 2.45) is 0 Å². The van der Waals surface area contributed by atoms with Crippen molar-refractivity contribution < 1.29 is 8.42 Å². The number of nitrogens with one attached hydrogen (secondary N) is 1. The molecule has 0 amide bonds. The fourth-order valence-electron chi connectivity index (χ4n) is 2.33. The van der Waals surface area contributed by atoms with E-state index in [0.717, 1.165) is 17.7 Å². The Balaban J connectivity index is 3.25. The van der Waals surface area contributed by atoms with Gasteiger partial charge in [-0.3, -0.25) is 0 Å². The fourth-order valence-corrected chi connectivity index (χ4v) is 4.25. The Bertz CT molecular complexity index is 539. The van der Waals surface area contributed by atoms with Crippen LogP contribution in [0.2, 0.25) is 0 Å². The summed E-state index contributed by atoms with van der Waals surface area (Å²) in [6.07, 6.45) is 0. The molecule has 0 heterocycles. The fraction of sp³-hybridized carbons (Fsp3) is 0.600. The van der Waals surface area contributed by atoms with Crippen LogP contribution in [-0.2, 0) is 16.6 Å². The minimum atomic E-state index is -3.42.